The molecule has 3 N–H and O–H groups in total. The predicted molar refractivity (Wildman–Crippen MR) is 173 cm³/mol. The first-order chi connectivity index (χ1) is 22.2. The van der Waals surface area contributed by atoms with Crippen LogP contribution >= 0.6 is 7.82 Å². The summed E-state index contributed by atoms with van der Waals surface area (Å²) in [5, 5.41) is 0.974. The zero-order chi connectivity index (χ0) is 33.5. The van der Waals surface area contributed by atoms with Gasteiger partial charge >= 0.3 is 18.0 Å². The maximum absolute atomic E-state index is 14.3. The van der Waals surface area contributed by atoms with E-state index in [0.29, 0.717) is 18.7 Å². The van der Waals surface area contributed by atoms with E-state index >= 15 is 0 Å². The first-order valence-electron chi connectivity index (χ1n) is 15.8. The van der Waals surface area contributed by atoms with Crippen LogP contribution in [-0.2, 0) is 30.6 Å². The van der Waals surface area contributed by atoms with Crippen LogP contribution in [0.3, 0.4) is 0 Å². The molecule has 1 saturated heterocycles. The molecule has 3 heterocycles. The molecule has 3 fully saturated rings. The van der Waals surface area contributed by atoms with Gasteiger partial charge in [-0.15, -0.1) is 0 Å². The average Bonchev–Trinajstić information content (AvgIpc) is 3.68. The number of likely N-dealkylation sites (tertiary alicyclic amines) is 1. The van der Waals surface area contributed by atoms with Gasteiger partial charge in [0.05, 0.1) is 18.2 Å². The molecular weight excluding hydrogens is 647 g/mol. The van der Waals surface area contributed by atoms with Gasteiger partial charge < -0.3 is 24.0 Å². The molecule has 2 amide bonds. The zero-order valence-corrected chi connectivity index (χ0v) is 28.2. The minimum Gasteiger partial charge on any atom is -0.497 e. The lowest BCUT2D eigenvalue weighted by Crippen LogP contribution is -2.57. The fourth-order valence-corrected chi connectivity index (χ4v) is 8.93. The van der Waals surface area contributed by atoms with Crippen molar-refractivity contribution in [3.05, 3.63) is 53.1 Å². The van der Waals surface area contributed by atoms with Gasteiger partial charge in [0.25, 0.3) is 5.91 Å². The maximum Gasteiger partial charge on any atom is 0.469 e. The number of carbonyl (C=O) groups excluding carboxylic acids is 2. The average molecular weight is 687 g/mol. The van der Waals surface area contributed by atoms with E-state index in [1.807, 2.05) is 18.2 Å². The van der Waals surface area contributed by atoms with Crippen molar-refractivity contribution in [3.8, 4) is 17.0 Å². The Morgan fingerprint density at radius 2 is 1.79 bits per heavy atom. The van der Waals surface area contributed by atoms with Crippen LogP contribution < -0.4 is 9.46 Å². The minimum atomic E-state index is -4.69. The molecule has 4 aliphatic rings. The number of carbonyl (C=O) groups is 2. The number of phosphoric acid groups is 1. The molecule has 15 heteroatoms. The number of methoxy groups -OCH3 is 1. The predicted octanol–water partition coefficient (Wildman–Crippen LogP) is 3.71. The Labute approximate surface area is 273 Å². The molecule has 252 valence electrons. The minimum absolute atomic E-state index is 0.0840. The van der Waals surface area contributed by atoms with Crippen molar-refractivity contribution < 1.29 is 41.6 Å². The number of nitrogens with one attached hydrogen (secondary N) is 1. The number of ether oxygens (including phenoxy) is 1. The standard InChI is InChI=1S/C32H39N4O9PS/c1-34(2)47(42,43)33-30(37)20-9-11-24-27(13-20)36-18-32(31(38)35-16-22(17-35)45-46(39,40)41)15-26(32)25-14-21(44-3)10-12-23(25)29(36)28(24)19-7-5-4-6-8-19/h9-14,19,22,26H,4-8,15-18H2,1-3H3,(H,33,37)(H2,39,40,41). The molecule has 0 bridgehead atoms. The number of phosphoric ester groups is 1. The number of amides is 2. The summed E-state index contributed by atoms with van der Waals surface area (Å²) in [6, 6.07) is 11.3. The van der Waals surface area contributed by atoms with Gasteiger partial charge in [-0.1, -0.05) is 25.3 Å². The van der Waals surface area contributed by atoms with Crippen LogP contribution in [0.4, 0.5) is 0 Å². The van der Waals surface area contributed by atoms with Gasteiger partial charge in [-0.05, 0) is 66.6 Å². The molecule has 2 atom stereocenters. The van der Waals surface area contributed by atoms with Gasteiger partial charge in [0.2, 0.25) is 5.91 Å². The highest BCUT2D eigenvalue weighted by Gasteiger charge is 2.64. The first kappa shape index (κ1) is 32.3. The summed E-state index contributed by atoms with van der Waals surface area (Å²) < 4.78 is 52.1. The van der Waals surface area contributed by atoms with E-state index < -0.39 is 35.5 Å². The first-order valence-corrected chi connectivity index (χ1v) is 18.8. The van der Waals surface area contributed by atoms with Crippen LogP contribution in [0.2, 0.25) is 0 Å². The lowest BCUT2D eigenvalue weighted by molar-refractivity contribution is -0.147. The highest BCUT2D eigenvalue weighted by atomic mass is 32.2. The third-order valence-corrected chi connectivity index (χ3v) is 12.3. The number of fused-ring (bicyclic) bond motifs is 7. The van der Waals surface area contributed by atoms with Crippen LogP contribution in [0.15, 0.2) is 36.4 Å². The van der Waals surface area contributed by atoms with E-state index in [4.69, 9.17) is 9.26 Å². The summed E-state index contributed by atoms with van der Waals surface area (Å²) in [5.74, 6) is -0.0236. The Balaban J connectivity index is 1.38. The van der Waals surface area contributed by atoms with Crippen LogP contribution in [0.1, 0.15) is 71.8 Å². The van der Waals surface area contributed by atoms with Gasteiger partial charge in [0, 0.05) is 61.7 Å². The largest absolute Gasteiger partial charge is 0.497 e. The lowest BCUT2D eigenvalue weighted by atomic mass is 9.81. The second-order valence-corrected chi connectivity index (χ2v) is 16.5. The fraction of sp³-hybridized carbons (Fsp3) is 0.500. The van der Waals surface area contributed by atoms with E-state index in [0.717, 1.165) is 57.7 Å². The zero-order valence-electron chi connectivity index (χ0n) is 26.5. The number of hydrogen-bond donors (Lipinski definition) is 3. The van der Waals surface area contributed by atoms with Crippen LogP contribution in [-0.4, -0.2) is 84.2 Å². The smallest absolute Gasteiger partial charge is 0.469 e. The molecule has 7 rings (SSSR count). The summed E-state index contributed by atoms with van der Waals surface area (Å²) in [6.45, 7) is 0.495. The molecule has 3 aromatic rings. The third-order valence-electron chi connectivity index (χ3n) is 10.3. The van der Waals surface area contributed by atoms with Crippen LogP contribution in [0.25, 0.3) is 22.2 Å². The quantitative estimate of drug-likeness (QED) is 0.299. The van der Waals surface area contributed by atoms with E-state index in [2.05, 4.69) is 15.4 Å². The molecule has 1 aromatic heterocycles. The monoisotopic (exact) mass is 686 g/mol. The molecule has 0 radical (unpaired) electrons. The van der Waals surface area contributed by atoms with E-state index in [1.54, 1.807) is 24.1 Å². The number of benzene rings is 2. The van der Waals surface area contributed by atoms with Gasteiger partial charge in [-0.25, -0.2) is 9.29 Å². The number of rotatable bonds is 8. The fourth-order valence-electron chi connectivity index (χ4n) is 7.87. The van der Waals surface area contributed by atoms with E-state index in [-0.39, 0.29) is 36.4 Å². The second kappa shape index (κ2) is 11.4. The molecule has 13 nitrogen and oxygen atoms in total. The van der Waals surface area contributed by atoms with Gasteiger partial charge in [-0.3, -0.25) is 14.1 Å². The van der Waals surface area contributed by atoms with E-state index in [1.165, 1.54) is 26.1 Å². The summed E-state index contributed by atoms with van der Waals surface area (Å²) in [5.41, 5.74) is 4.31. The van der Waals surface area contributed by atoms with Gasteiger partial charge in [0.1, 0.15) is 11.9 Å². The summed E-state index contributed by atoms with van der Waals surface area (Å²) in [4.78, 5) is 47.7. The molecule has 47 heavy (non-hydrogen) atoms. The number of hydrogen-bond acceptors (Lipinski definition) is 7. The number of aromatic nitrogens is 1. The normalized spacial score (nSPS) is 23.0. The Bertz CT molecular complexity index is 1940. The van der Waals surface area contributed by atoms with Gasteiger partial charge in [-0.2, -0.15) is 12.7 Å². The molecule has 0 spiro atoms. The Kier molecular flexibility index (Phi) is 7.85. The van der Waals surface area contributed by atoms with Crippen molar-refractivity contribution in [2.24, 2.45) is 5.41 Å². The van der Waals surface area contributed by atoms with Crippen LogP contribution in [0, 0.1) is 5.41 Å². The molecule has 2 aromatic carbocycles. The summed E-state index contributed by atoms with van der Waals surface area (Å²) in [7, 11) is -4.41. The molecule has 2 unspecified atom stereocenters. The maximum atomic E-state index is 14.3. The highest BCUT2D eigenvalue weighted by Crippen LogP contribution is 2.66. The van der Waals surface area contributed by atoms with Crippen molar-refractivity contribution in [3.63, 3.8) is 0 Å². The number of nitrogens with zero attached hydrogens (tertiary/aromatic N) is 3. The summed E-state index contributed by atoms with van der Waals surface area (Å²) in [6.07, 6.45) is 5.25. The molecule has 2 aliphatic carbocycles. The summed E-state index contributed by atoms with van der Waals surface area (Å²) >= 11 is 0. The Morgan fingerprint density at radius 1 is 1.06 bits per heavy atom. The van der Waals surface area contributed by atoms with Gasteiger partial charge in [0.15, 0.2) is 0 Å². The molecule has 2 saturated carbocycles. The van der Waals surface area contributed by atoms with Crippen LogP contribution in [0.5, 0.6) is 5.75 Å². The van der Waals surface area contributed by atoms with Crippen molar-refractivity contribution in [2.45, 2.75) is 63.0 Å². The molecule has 2 aliphatic heterocycles. The Morgan fingerprint density at radius 3 is 2.45 bits per heavy atom. The SMILES string of the molecule is COc1ccc2c(c1)C1CC1(C(=O)N1CC(OP(=O)(O)O)C1)Cn1c-2c(C2CCCCC2)c2ccc(C(=O)NS(=O)(=O)N(C)C)cc21. The third kappa shape index (κ3) is 5.58. The van der Waals surface area contributed by atoms with E-state index in [9.17, 15) is 32.4 Å². The van der Waals surface area contributed by atoms with Crippen molar-refractivity contribution in [1.29, 1.82) is 0 Å². The second-order valence-electron chi connectivity index (χ2n) is 13.4. The topological polar surface area (TPSA) is 168 Å². The van der Waals surface area contributed by atoms with Crippen molar-refractivity contribution in [1.82, 2.24) is 18.5 Å². The highest BCUT2D eigenvalue weighted by molar-refractivity contribution is 7.87. The van der Waals surface area contributed by atoms with Crippen molar-refractivity contribution in [2.75, 3.05) is 34.3 Å². The van der Waals surface area contributed by atoms with Crippen molar-refractivity contribution >= 4 is 40.7 Å². The molecular formula is C32H39N4O9PS. The Hall–Kier alpha value is -3.26. The lowest BCUT2D eigenvalue weighted by Gasteiger charge is -2.41.